The van der Waals surface area contributed by atoms with Gasteiger partial charge in [-0.25, -0.2) is 9.79 Å². The van der Waals surface area contributed by atoms with E-state index in [0.29, 0.717) is 18.2 Å². The third-order valence-corrected chi connectivity index (χ3v) is 5.75. The van der Waals surface area contributed by atoms with Crippen molar-refractivity contribution in [2.24, 2.45) is 4.99 Å². The number of benzene rings is 3. The van der Waals surface area contributed by atoms with Gasteiger partial charge in [0.2, 0.25) is 11.4 Å². The van der Waals surface area contributed by atoms with Crippen LogP contribution in [0.2, 0.25) is 0 Å². The van der Waals surface area contributed by atoms with Crippen LogP contribution < -0.4 is 0 Å². The molecule has 1 aliphatic rings. The summed E-state index contributed by atoms with van der Waals surface area (Å²) in [5.74, 6) is 0.495. The Balaban J connectivity index is 1.82. The van der Waals surface area contributed by atoms with Crippen LogP contribution in [0.4, 0.5) is 0 Å². The van der Waals surface area contributed by atoms with Gasteiger partial charge in [-0.05, 0) is 34.7 Å². The molecule has 3 aromatic rings. The maximum atomic E-state index is 13.2. The number of hydrogen-bond acceptors (Lipinski definition) is 4. The molecule has 0 N–H and O–H groups in total. The lowest BCUT2D eigenvalue weighted by molar-refractivity contribution is -0.149. The summed E-state index contributed by atoms with van der Waals surface area (Å²) in [4.78, 5) is 18.1. The van der Waals surface area contributed by atoms with E-state index in [-0.39, 0.29) is 0 Å². The predicted octanol–water partition coefficient (Wildman–Crippen LogP) is 5.48. The molecule has 0 aromatic heterocycles. The number of carbonyl (C=O) groups is 1. The molecule has 0 spiro atoms. The van der Waals surface area contributed by atoms with Crippen LogP contribution in [0.3, 0.4) is 0 Å². The van der Waals surface area contributed by atoms with Gasteiger partial charge in [-0.15, -0.1) is 0 Å². The zero-order valence-electron chi connectivity index (χ0n) is 18.1. The average Bonchev–Trinajstić information content (AvgIpc) is 3.20. The van der Waals surface area contributed by atoms with Crippen LogP contribution in [0.25, 0.3) is 0 Å². The minimum atomic E-state index is -1.20. The van der Waals surface area contributed by atoms with Gasteiger partial charge in [-0.2, -0.15) is 0 Å². The number of esters is 1. The van der Waals surface area contributed by atoms with Crippen molar-refractivity contribution in [2.45, 2.75) is 37.8 Å². The minimum absolute atomic E-state index is 0.383. The fourth-order valence-electron chi connectivity index (χ4n) is 4.03. The van der Waals surface area contributed by atoms with E-state index < -0.39 is 17.6 Å². The van der Waals surface area contributed by atoms with E-state index >= 15 is 0 Å². The van der Waals surface area contributed by atoms with Crippen molar-refractivity contribution in [3.8, 4) is 0 Å². The highest BCUT2D eigenvalue weighted by Crippen LogP contribution is 2.43. The largest absolute Gasteiger partial charge is 0.467 e. The van der Waals surface area contributed by atoms with Gasteiger partial charge in [0, 0.05) is 12.0 Å². The minimum Gasteiger partial charge on any atom is -0.467 e. The van der Waals surface area contributed by atoms with Crippen molar-refractivity contribution in [2.75, 3.05) is 7.11 Å². The molecule has 4 heteroatoms. The molecule has 0 amide bonds. The maximum absolute atomic E-state index is 13.2. The summed E-state index contributed by atoms with van der Waals surface area (Å²) in [7, 11) is 1.40. The molecule has 1 aliphatic heterocycles. The number of ether oxygens (including phenoxy) is 2. The number of methoxy groups -OCH3 is 1. The summed E-state index contributed by atoms with van der Waals surface area (Å²) in [5, 5.41) is 0. The fraction of sp³-hybridized carbons (Fsp3) is 0.259. The molecule has 0 radical (unpaired) electrons. The molecule has 2 atom stereocenters. The summed E-state index contributed by atoms with van der Waals surface area (Å²) in [5.41, 5.74) is 2.78. The maximum Gasteiger partial charge on any atom is 0.338 e. The quantitative estimate of drug-likeness (QED) is 0.503. The monoisotopic (exact) mass is 413 g/mol. The third-order valence-electron chi connectivity index (χ3n) is 5.75. The summed E-state index contributed by atoms with van der Waals surface area (Å²) in [6.07, 6.45) is -0.200. The Hall–Kier alpha value is -3.40. The van der Waals surface area contributed by atoms with Gasteiger partial charge in [-0.1, -0.05) is 86.6 Å². The van der Waals surface area contributed by atoms with Crippen molar-refractivity contribution < 1.29 is 14.3 Å². The first-order chi connectivity index (χ1) is 15.0. The highest BCUT2D eigenvalue weighted by molar-refractivity contribution is 6.00. The van der Waals surface area contributed by atoms with Crippen LogP contribution in [0.5, 0.6) is 0 Å². The van der Waals surface area contributed by atoms with E-state index in [1.54, 1.807) is 0 Å². The van der Waals surface area contributed by atoms with Crippen molar-refractivity contribution in [1.82, 2.24) is 0 Å². The van der Waals surface area contributed by atoms with Gasteiger partial charge in [0.1, 0.15) is 0 Å². The molecule has 0 aliphatic carbocycles. The molecular formula is C27H27NO3. The third kappa shape index (κ3) is 4.11. The Morgan fingerprint density at radius 1 is 0.968 bits per heavy atom. The standard InChI is InChI=1S/C27H27NO3/c1-19(2)21-14-16-23(17-15-21)25-28-27(26(29)30-3,18-20-10-6-4-7-11-20)24(31-25)22-12-8-5-9-13-22/h4-17,19,24H,18H2,1-3H3/t24-,27-/m0/s1. The van der Waals surface area contributed by atoms with Crippen LogP contribution in [-0.2, 0) is 20.7 Å². The SMILES string of the molecule is COC(=O)[C@@]1(Cc2ccccc2)N=C(c2ccc(C(C)C)cc2)O[C@H]1c1ccccc1. The predicted molar refractivity (Wildman–Crippen MR) is 122 cm³/mol. The van der Waals surface area contributed by atoms with E-state index in [9.17, 15) is 4.79 Å². The number of aliphatic imine (C=N–C) groups is 1. The molecule has 0 bridgehead atoms. The molecule has 158 valence electrons. The molecular weight excluding hydrogens is 386 g/mol. The van der Waals surface area contributed by atoms with Crippen LogP contribution in [0.15, 0.2) is 89.9 Å². The molecule has 4 nitrogen and oxygen atoms in total. The lowest BCUT2D eigenvalue weighted by Gasteiger charge is -2.29. The average molecular weight is 414 g/mol. The molecule has 0 saturated heterocycles. The van der Waals surface area contributed by atoms with E-state index in [2.05, 4.69) is 26.0 Å². The van der Waals surface area contributed by atoms with Crippen molar-refractivity contribution >= 4 is 11.9 Å². The second kappa shape index (κ2) is 8.76. The van der Waals surface area contributed by atoms with Gasteiger partial charge in [-0.3, -0.25) is 0 Å². The fourth-order valence-corrected chi connectivity index (χ4v) is 4.03. The molecule has 1 heterocycles. The normalized spacial score (nSPS) is 20.3. The zero-order valence-corrected chi connectivity index (χ0v) is 18.1. The first-order valence-electron chi connectivity index (χ1n) is 10.6. The number of nitrogens with zero attached hydrogens (tertiary/aromatic N) is 1. The number of carbonyl (C=O) groups excluding carboxylic acids is 1. The van der Waals surface area contributed by atoms with E-state index in [4.69, 9.17) is 14.5 Å². The van der Waals surface area contributed by atoms with Gasteiger partial charge < -0.3 is 9.47 Å². The van der Waals surface area contributed by atoms with Gasteiger partial charge in [0.15, 0.2) is 6.10 Å². The highest BCUT2D eigenvalue weighted by Gasteiger charge is 2.54. The molecule has 31 heavy (non-hydrogen) atoms. The summed E-state index contributed by atoms with van der Waals surface area (Å²) in [6, 6.07) is 27.8. The van der Waals surface area contributed by atoms with E-state index in [0.717, 1.165) is 16.7 Å². The molecule has 0 fully saturated rings. The molecule has 0 saturated carbocycles. The second-order valence-electron chi connectivity index (χ2n) is 8.18. The Morgan fingerprint density at radius 2 is 1.58 bits per heavy atom. The molecule has 0 unspecified atom stereocenters. The first-order valence-corrected chi connectivity index (χ1v) is 10.6. The van der Waals surface area contributed by atoms with Crippen molar-refractivity contribution in [3.05, 3.63) is 107 Å². The van der Waals surface area contributed by atoms with Crippen LogP contribution in [-0.4, -0.2) is 24.5 Å². The van der Waals surface area contributed by atoms with Crippen molar-refractivity contribution in [3.63, 3.8) is 0 Å². The summed E-state index contributed by atoms with van der Waals surface area (Å²) < 4.78 is 11.7. The second-order valence-corrected chi connectivity index (χ2v) is 8.18. The number of rotatable bonds is 6. The zero-order chi connectivity index (χ0) is 21.8. The molecule has 3 aromatic carbocycles. The van der Waals surface area contributed by atoms with E-state index in [1.807, 2.05) is 72.8 Å². The Bertz CT molecular complexity index is 1060. The Kier molecular flexibility index (Phi) is 5.90. The Morgan fingerprint density at radius 3 is 2.16 bits per heavy atom. The lowest BCUT2D eigenvalue weighted by Crippen LogP contribution is -2.44. The van der Waals surface area contributed by atoms with Crippen LogP contribution in [0.1, 0.15) is 48.1 Å². The summed E-state index contributed by atoms with van der Waals surface area (Å²) in [6.45, 7) is 4.32. The first kappa shape index (κ1) is 20.9. The Labute approximate surface area is 183 Å². The van der Waals surface area contributed by atoms with Crippen LogP contribution >= 0.6 is 0 Å². The smallest absolute Gasteiger partial charge is 0.338 e. The molecule has 4 rings (SSSR count). The van der Waals surface area contributed by atoms with Gasteiger partial charge >= 0.3 is 5.97 Å². The topological polar surface area (TPSA) is 47.9 Å². The highest BCUT2D eigenvalue weighted by atomic mass is 16.5. The van der Waals surface area contributed by atoms with Gasteiger partial charge in [0.25, 0.3) is 0 Å². The van der Waals surface area contributed by atoms with Crippen molar-refractivity contribution in [1.29, 1.82) is 0 Å². The number of hydrogen-bond donors (Lipinski definition) is 0. The van der Waals surface area contributed by atoms with Gasteiger partial charge in [0.05, 0.1) is 7.11 Å². The van der Waals surface area contributed by atoms with E-state index in [1.165, 1.54) is 12.7 Å². The summed E-state index contributed by atoms with van der Waals surface area (Å²) >= 11 is 0. The van der Waals surface area contributed by atoms with Crippen LogP contribution in [0, 0.1) is 0 Å². The lowest BCUT2D eigenvalue weighted by atomic mass is 9.83.